The molecule has 1 aliphatic carbocycles. The number of nitrogens with one attached hydrogen (secondary N) is 1. The minimum absolute atomic E-state index is 0.144. The summed E-state index contributed by atoms with van der Waals surface area (Å²) in [6.07, 6.45) is 5.31. The van der Waals surface area contributed by atoms with E-state index in [-0.39, 0.29) is 11.3 Å². The highest BCUT2D eigenvalue weighted by Crippen LogP contribution is 2.39. The van der Waals surface area contributed by atoms with Crippen molar-refractivity contribution < 1.29 is 9.53 Å². The van der Waals surface area contributed by atoms with Gasteiger partial charge in [0.25, 0.3) is 0 Å². The van der Waals surface area contributed by atoms with E-state index in [0.29, 0.717) is 13.2 Å². The Morgan fingerprint density at radius 3 is 2.21 bits per heavy atom. The predicted octanol–water partition coefficient (Wildman–Crippen LogP) is 4.08. The van der Waals surface area contributed by atoms with Crippen molar-refractivity contribution >= 4 is 5.91 Å². The van der Waals surface area contributed by atoms with E-state index in [9.17, 15) is 4.79 Å². The van der Waals surface area contributed by atoms with Crippen LogP contribution >= 0.6 is 0 Å². The summed E-state index contributed by atoms with van der Waals surface area (Å²) in [4.78, 5) is 13.0. The van der Waals surface area contributed by atoms with Crippen molar-refractivity contribution in [2.24, 2.45) is 0 Å². The molecule has 3 nitrogen and oxygen atoms in total. The van der Waals surface area contributed by atoms with E-state index < -0.39 is 0 Å². The van der Waals surface area contributed by atoms with Gasteiger partial charge in [0.1, 0.15) is 12.4 Å². The van der Waals surface area contributed by atoms with Crippen LogP contribution in [-0.4, -0.2) is 19.1 Å². The fourth-order valence-corrected chi connectivity index (χ4v) is 3.58. The van der Waals surface area contributed by atoms with Gasteiger partial charge in [-0.05, 0) is 30.5 Å². The Kier molecular flexibility index (Phi) is 5.52. The molecule has 0 bridgehead atoms. The molecule has 0 spiro atoms. The zero-order valence-corrected chi connectivity index (χ0v) is 14.0. The lowest BCUT2D eigenvalue weighted by molar-refractivity contribution is -0.128. The summed E-state index contributed by atoms with van der Waals surface area (Å²) in [5.41, 5.74) is 0.776. The smallest absolute Gasteiger partial charge is 0.230 e. The highest BCUT2D eigenvalue weighted by molar-refractivity contribution is 5.88. The quantitative estimate of drug-likeness (QED) is 0.813. The van der Waals surface area contributed by atoms with Gasteiger partial charge in [-0.25, -0.2) is 0 Å². The number of ether oxygens (including phenoxy) is 1. The average Bonchev–Trinajstić information content (AvgIpc) is 2.67. The molecule has 126 valence electrons. The molecule has 3 heteroatoms. The van der Waals surface area contributed by atoms with Gasteiger partial charge >= 0.3 is 0 Å². The largest absolute Gasteiger partial charge is 0.492 e. The molecule has 1 amide bonds. The van der Waals surface area contributed by atoms with Crippen LogP contribution in [0.25, 0.3) is 0 Å². The third-order valence-corrected chi connectivity index (χ3v) is 4.87. The van der Waals surface area contributed by atoms with E-state index in [1.807, 2.05) is 48.5 Å². The highest BCUT2D eigenvalue weighted by atomic mass is 16.5. The summed E-state index contributed by atoms with van der Waals surface area (Å²) >= 11 is 0. The normalized spacial score (nSPS) is 16.3. The second kappa shape index (κ2) is 8.00. The molecule has 0 aromatic heterocycles. The fraction of sp³-hybridized carbons (Fsp3) is 0.381. The van der Waals surface area contributed by atoms with E-state index >= 15 is 0 Å². The molecule has 0 unspecified atom stereocenters. The molecule has 0 radical (unpaired) electrons. The minimum atomic E-state index is -0.369. The van der Waals surface area contributed by atoms with E-state index in [0.717, 1.165) is 37.0 Å². The summed E-state index contributed by atoms with van der Waals surface area (Å²) in [6.45, 7) is 1.02. The van der Waals surface area contributed by atoms with Gasteiger partial charge in [0.15, 0.2) is 0 Å². The molecule has 1 N–H and O–H groups in total. The topological polar surface area (TPSA) is 38.3 Å². The second-order valence-corrected chi connectivity index (χ2v) is 6.43. The van der Waals surface area contributed by atoms with Crippen LogP contribution in [-0.2, 0) is 10.2 Å². The van der Waals surface area contributed by atoms with Crippen molar-refractivity contribution in [3.63, 3.8) is 0 Å². The Labute approximate surface area is 144 Å². The van der Waals surface area contributed by atoms with Crippen LogP contribution < -0.4 is 10.1 Å². The first-order valence-electron chi connectivity index (χ1n) is 8.83. The summed E-state index contributed by atoms with van der Waals surface area (Å²) in [5, 5.41) is 3.10. The Hall–Kier alpha value is -2.29. The zero-order chi connectivity index (χ0) is 16.7. The lowest BCUT2D eigenvalue weighted by Gasteiger charge is -2.36. The molecule has 2 aromatic carbocycles. The maximum Gasteiger partial charge on any atom is 0.230 e. The maximum absolute atomic E-state index is 13.0. The fourth-order valence-electron chi connectivity index (χ4n) is 3.58. The van der Waals surface area contributed by atoms with Crippen LogP contribution in [0.1, 0.15) is 37.7 Å². The third-order valence-electron chi connectivity index (χ3n) is 4.87. The predicted molar refractivity (Wildman–Crippen MR) is 96.2 cm³/mol. The molecule has 24 heavy (non-hydrogen) atoms. The molecule has 0 aliphatic heterocycles. The van der Waals surface area contributed by atoms with Crippen molar-refractivity contribution in [3.8, 4) is 5.75 Å². The number of benzene rings is 2. The summed E-state index contributed by atoms with van der Waals surface area (Å²) < 4.78 is 5.67. The second-order valence-electron chi connectivity index (χ2n) is 6.43. The van der Waals surface area contributed by atoms with Gasteiger partial charge < -0.3 is 10.1 Å². The molecule has 2 aromatic rings. The Bertz CT molecular complexity index is 633. The number of rotatable bonds is 6. The highest BCUT2D eigenvalue weighted by Gasteiger charge is 2.40. The molecule has 1 aliphatic rings. The summed E-state index contributed by atoms with van der Waals surface area (Å²) in [5.74, 6) is 0.979. The van der Waals surface area contributed by atoms with E-state index in [1.165, 1.54) is 6.42 Å². The zero-order valence-electron chi connectivity index (χ0n) is 14.0. The SMILES string of the molecule is O=C(NCCOc1ccccc1)C1(c2ccccc2)CCCCC1. The van der Waals surface area contributed by atoms with Gasteiger partial charge in [-0.3, -0.25) is 4.79 Å². The summed E-state index contributed by atoms with van der Waals surface area (Å²) in [6, 6.07) is 19.9. The van der Waals surface area contributed by atoms with Crippen LogP contribution in [0.4, 0.5) is 0 Å². The van der Waals surface area contributed by atoms with E-state index in [4.69, 9.17) is 4.74 Å². The monoisotopic (exact) mass is 323 g/mol. The number of amides is 1. The molecule has 3 rings (SSSR count). The van der Waals surface area contributed by atoms with Crippen LogP contribution in [0.5, 0.6) is 5.75 Å². The maximum atomic E-state index is 13.0. The van der Waals surface area contributed by atoms with E-state index in [2.05, 4.69) is 17.4 Å². The number of hydrogen-bond donors (Lipinski definition) is 1. The Balaban J connectivity index is 1.60. The number of carbonyl (C=O) groups excluding carboxylic acids is 1. The van der Waals surface area contributed by atoms with Gasteiger partial charge in [-0.1, -0.05) is 67.8 Å². The lowest BCUT2D eigenvalue weighted by atomic mass is 9.68. The first-order chi connectivity index (χ1) is 11.8. The number of para-hydroxylation sites is 1. The van der Waals surface area contributed by atoms with Gasteiger partial charge in [-0.2, -0.15) is 0 Å². The van der Waals surface area contributed by atoms with E-state index in [1.54, 1.807) is 0 Å². The summed E-state index contributed by atoms with van der Waals surface area (Å²) in [7, 11) is 0. The molecule has 1 fully saturated rings. The van der Waals surface area contributed by atoms with Crippen molar-refractivity contribution in [1.29, 1.82) is 0 Å². The van der Waals surface area contributed by atoms with Gasteiger partial charge in [0.05, 0.1) is 12.0 Å². The van der Waals surface area contributed by atoms with Crippen molar-refractivity contribution in [2.75, 3.05) is 13.2 Å². The first-order valence-corrected chi connectivity index (χ1v) is 8.83. The molecular weight excluding hydrogens is 298 g/mol. The van der Waals surface area contributed by atoms with Crippen LogP contribution in [0.2, 0.25) is 0 Å². The molecular formula is C21H25NO2. The van der Waals surface area contributed by atoms with Gasteiger partial charge in [-0.15, -0.1) is 0 Å². The first kappa shape index (κ1) is 16.6. The molecule has 0 heterocycles. The number of hydrogen-bond acceptors (Lipinski definition) is 2. The number of carbonyl (C=O) groups is 1. The molecule has 0 atom stereocenters. The van der Waals surface area contributed by atoms with Gasteiger partial charge in [0.2, 0.25) is 5.91 Å². The average molecular weight is 323 g/mol. The minimum Gasteiger partial charge on any atom is -0.492 e. The third kappa shape index (κ3) is 3.78. The Morgan fingerprint density at radius 2 is 1.54 bits per heavy atom. The van der Waals surface area contributed by atoms with Crippen LogP contribution in [0.3, 0.4) is 0 Å². The molecule has 1 saturated carbocycles. The Morgan fingerprint density at radius 1 is 0.917 bits per heavy atom. The lowest BCUT2D eigenvalue weighted by Crippen LogP contribution is -2.46. The molecule has 0 saturated heterocycles. The van der Waals surface area contributed by atoms with Crippen LogP contribution in [0, 0.1) is 0 Å². The van der Waals surface area contributed by atoms with Crippen molar-refractivity contribution in [1.82, 2.24) is 5.32 Å². The van der Waals surface area contributed by atoms with Crippen molar-refractivity contribution in [2.45, 2.75) is 37.5 Å². The van der Waals surface area contributed by atoms with Gasteiger partial charge in [0, 0.05) is 0 Å². The van der Waals surface area contributed by atoms with Crippen LogP contribution in [0.15, 0.2) is 60.7 Å². The van der Waals surface area contributed by atoms with Crippen molar-refractivity contribution in [3.05, 3.63) is 66.2 Å². The standard InChI is InChI=1S/C21H25NO2/c23-20(22-16-17-24-19-12-6-2-7-13-19)21(14-8-3-9-15-21)18-10-4-1-5-11-18/h1-2,4-7,10-13H,3,8-9,14-17H2,(H,22,23).